The van der Waals surface area contributed by atoms with Gasteiger partial charge in [0.2, 0.25) is 0 Å². The van der Waals surface area contributed by atoms with Crippen molar-refractivity contribution in [2.45, 2.75) is 29.7 Å². The fourth-order valence-electron chi connectivity index (χ4n) is 2.33. The van der Waals surface area contributed by atoms with Crippen LogP contribution in [0.4, 0.5) is 0 Å². The van der Waals surface area contributed by atoms with Gasteiger partial charge in [0.1, 0.15) is 5.82 Å². The summed E-state index contributed by atoms with van der Waals surface area (Å²) in [6.07, 6.45) is 4.35. The summed E-state index contributed by atoms with van der Waals surface area (Å²) in [5.74, 6) is 2.53. The Bertz CT molecular complexity index is 516. The number of hydrogen-bond acceptors (Lipinski definition) is 6. The molecule has 0 saturated carbocycles. The molecule has 1 atom stereocenters. The Labute approximate surface area is 120 Å². The van der Waals surface area contributed by atoms with Gasteiger partial charge in [-0.1, -0.05) is 11.8 Å². The Morgan fingerprint density at radius 2 is 2.47 bits per heavy atom. The van der Waals surface area contributed by atoms with E-state index in [0.29, 0.717) is 5.92 Å². The number of hydrogen-bond donors (Lipinski definition) is 1. The molecule has 1 aliphatic heterocycles. The van der Waals surface area contributed by atoms with Gasteiger partial charge in [-0.2, -0.15) is 0 Å². The van der Waals surface area contributed by atoms with E-state index in [9.17, 15) is 0 Å². The Hall–Kier alpha value is -0.920. The molecule has 0 unspecified atom stereocenters. The standard InChI is InChI=1S/C12H17N5S2/c1-17-11(9-3-2-4-13-5-9)15-16-12(17)18-7-10-6-14-8-19-10/h6,8-9,13H,2-5,7H2,1H3/t9-/m1/s1. The molecular weight excluding hydrogens is 278 g/mol. The van der Waals surface area contributed by atoms with Gasteiger partial charge in [0.25, 0.3) is 0 Å². The maximum absolute atomic E-state index is 4.38. The average molecular weight is 295 g/mol. The molecule has 0 amide bonds. The van der Waals surface area contributed by atoms with E-state index in [1.54, 1.807) is 23.1 Å². The number of nitrogens with one attached hydrogen (secondary N) is 1. The van der Waals surface area contributed by atoms with Gasteiger partial charge in [-0.3, -0.25) is 4.98 Å². The highest BCUT2D eigenvalue weighted by Crippen LogP contribution is 2.27. The van der Waals surface area contributed by atoms with Crippen molar-refractivity contribution in [2.24, 2.45) is 7.05 Å². The van der Waals surface area contributed by atoms with Crippen molar-refractivity contribution in [2.75, 3.05) is 13.1 Å². The van der Waals surface area contributed by atoms with Crippen LogP contribution in [-0.2, 0) is 12.8 Å². The number of nitrogens with zero attached hydrogens (tertiary/aromatic N) is 4. The quantitative estimate of drug-likeness (QED) is 0.875. The molecule has 0 radical (unpaired) electrons. The second-order valence-corrected chi connectivity index (χ2v) is 6.61. The third-order valence-corrected chi connectivity index (χ3v) is 5.39. The topological polar surface area (TPSA) is 55.6 Å². The van der Waals surface area contributed by atoms with Gasteiger partial charge >= 0.3 is 0 Å². The van der Waals surface area contributed by atoms with Crippen LogP contribution >= 0.6 is 23.1 Å². The van der Waals surface area contributed by atoms with Crippen molar-refractivity contribution in [1.29, 1.82) is 0 Å². The first-order valence-corrected chi connectivity index (χ1v) is 8.31. The molecule has 1 fully saturated rings. The van der Waals surface area contributed by atoms with E-state index in [1.807, 2.05) is 11.7 Å². The van der Waals surface area contributed by atoms with Gasteiger partial charge in [0.15, 0.2) is 5.16 Å². The summed E-state index contributed by atoms with van der Waals surface area (Å²) in [4.78, 5) is 5.36. The van der Waals surface area contributed by atoms with E-state index in [-0.39, 0.29) is 0 Å². The lowest BCUT2D eigenvalue weighted by molar-refractivity contribution is 0.436. The molecule has 1 saturated heterocycles. The van der Waals surface area contributed by atoms with E-state index in [4.69, 9.17) is 0 Å². The Kier molecular flexibility index (Phi) is 4.15. The fraction of sp³-hybridized carbons (Fsp3) is 0.583. The molecule has 3 heterocycles. The van der Waals surface area contributed by atoms with Gasteiger partial charge in [-0.05, 0) is 19.4 Å². The first-order chi connectivity index (χ1) is 9.34. The molecule has 0 aliphatic carbocycles. The zero-order chi connectivity index (χ0) is 13.1. The number of rotatable bonds is 4. The molecule has 2 aromatic rings. The van der Waals surface area contributed by atoms with Gasteiger partial charge < -0.3 is 9.88 Å². The van der Waals surface area contributed by atoms with Crippen molar-refractivity contribution in [3.8, 4) is 0 Å². The molecule has 1 N–H and O–H groups in total. The van der Waals surface area contributed by atoms with Crippen LogP contribution in [0.25, 0.3) is 0 Å². The Morgan fingerprint density at radius 1 is 1.53 bits per heavy atom. The summed E-state index contributed by atoms with van der Waals surface area (Å²) in [6, 6.07) is 0. The van der Waals surface area contributed by atoms with Crippen LogP contribution in [0.5, 0.6) is 0 Å². The van der Waals surface area contributed by atoms with Crippen LogP contribution in [0.1, 0.15) is 29.5 Å². The molecule has 19 heavy (non-hydrogen) atoms. The zero-order valence-corrected chi connectivity index (χ0v) is 12.5. The van der Waals surface area contributed by atoms with E-state index < -0.39 is 0 Å². The zero-order valence-electron chi connectivity index (χ0n) is 10.9. The minimum absolute atomic E-state index is 0.504. The van der Waals surface area contributed by atoms with E-state index in [0.717, 1.165) is 29.8 Å². The number of thioether (sulfide) groups is 1. The van der Waals surface area contributed by atoms with Crippen LogP contribution in [0, 0.1) is 0 Å². The molecular formula is C12H17N5S2. The van der Waals surface area contributed by atoms with Crippen molar-refractivity contribution < 1.29 is 0 Å². The fourth-order valence-corrected chi connectivity index (χ4v) is 3.89. The monoisotopic (exact) mass is 295 g/mol. The largest absolute Gasteiger partial charge is 0.316 e. The predicted octanol–water partition coefficient (Wildman–Crippen LogP) is 2.03. The van der Waals surface area contributed by atoms with Crippen molar-refractivity contribution >= 4 is 23.1 Å². The summed E-state index contributed by atoms with van der Waals surface area (Å²) in [5, 5.41) is 13.1. The summed E-state index contributed by atoms with van der Waals surface area (Å²) < 4.78 is 2.14. The summed E-state index contributed by atoms with van der Waals surface area (Å²) in [5.41, 5.74) is 1.87. The summed E-state index contributed by atoms with van der Waals surface area (Å²) in [7, 11) is 2.07. The molecule has 5 nitrogen and oxygen atoms in total. The Morgan fingerprint density at radius 3 is 3.21 bits per heavy atom. The lowest BCUT2D eigenvalue weighted by Crippen LogP contribution is -2.29. The van der Waals surface area contributed by atoms with Crippen LogP contribution in [0.2, 0.25) is 0 Å². The highest BCUT2D eigenvalue weighted by Gasteiger charge is 2.21. The number of piperidine rings is 1. The molecule has 2 aromatic heterocycles. The summed E-state index contributed by atoms with van der Waals surface area (Å²) >= 11 is 3.41. The van der Waals surface area contributed by atoms with Gasteiger partial charge in [0.05, 0.1) is 5.51 Å². The van der Waals surface area contributed by atoms with Gasteiger partial charge in [-0.15, -0.1) is 21.5 Å². The maximum Gasteiger partial charge on any atom is 0.191 e. The maximum atomic E-state index is 4.38. The van der Waals surface area contributed by atoms with E-state index >= 15 is 0 Å². The van der Waals surface area contributed by atoms with E-state index in [1.165, 1.54) is 17.7 Å². The first kappa shape index (κ1) is 13.1. The molecule has 0 bridgehead atoms. The number of aromatic nitrogens is 4. The highest BCUT2D eigenvalue weighted by molar-refractivity contribution is 7.98. The van der Waals surface area contributed by atoms with Crippen LogP contribution in [0.3, 0.4) is 0 Å². The third-order valence-electron chi connectivity index (χ3n) is 3.36. The predicted molar refractivity (Wildman–Crippen MR) is 77.5 cm³/mol. The van der Waals surface area contributed by atoms with Crippen LogP contribution in [-0.4, -0.2) is 32.8 Å². The van der Waals surface area contributed by atoms with Crippen molar-refractivity contribution in [3.63, 3.8) is 0 Å². The van der Waals surface area contributed by atoms with Crippen molar-refractivity contribution in [1.82, 2.24) is 25.1 Å². The lowest BCUT2D eigenvalue weighted by Gasteiger charge is -2.21. The second kappa shape index (κ2) is 6.02. The SMILES string of the molecule is Cn1c(SCc2cncs2)nnc1[C@@H]1CCCNC1. The molecule has 7 heteroatoms. The van der Waals surface area contributed by atoms with Gasteiger partial charge in [0, 0.05) is 36.3 Å². The minimum Gasteiger partial charge on any atom is -0.316 e. The summed E-state index contributed by atoms with van der Waals surface area (Å²) in [6.45, 7) is 2.15. The van der Waals surface area contributed by atoms with Crippen LogP contribution in [0.15, 0.2) is 16.9 Å². The molecule has 3 rings (SSSR count). The van der Waals surface area contributed by atoms with Crippen molar-refractivity contribution in [3.05, 3.63) is 22.4 Å². The molecule has 102 valence electrons. The normalized spacial score (nSPS) is 19.7. The smallest absolute Gasteiger partial charge is 0.191 e. The minimum atomic E-state index is 0.504. The highest BCUT2D eigenvalue weighted by atomic mass is 32.2. The third kappa shape index (κ3) is 2.98. The molecule has 1 aliphatic rings. The first-order valence-electron chi connectivity index (χ1n) is 6.45. The van der Waals surface area contributed by atoms with Gasteiger partial charge in [-0.25, -0.2) is 0 Å². The molecule has 0 spiro atoms. The van der Waals surface area contributed by atoms with Crippen LogP contribution < -0.4 is 5.32 Å². The average Bonchev–Trinajstić information content (AvgIpc) is 3.07. The Balaban J connectivity index is 1.67. The lowest BCUT2D eigenvalue weighted by atomic mass is 9.99. The molecule has 0 aromatic carbocycles. The second-order valence-electron chi connectivity index (χ2n) is 4.70. The number of thiazole rings is 1. The van der Waals surface area contributed by atoms with E-state index in [2.05, 4.69) is 32.1 Å².